The fraction of sp³-hybridized carbons (Fsp3) is 0.417. The molecular formula is C12H17FN2OS. The van der Waals surface area contributed by atoms with Crippen LogP contribution in [0.2, 0.25) is 0 Å². The average molecular weight is 256 g/mol. The first kappa shape index (κ1) is 13.9. The molecular weight excluding hydrogens is 239 g/mol. The van der Waals surface area contributed by atoms with E-state index in [4.69, 9.17) is 17.0 Å². The van der Waals surface area contributed by atoms with Gasteiger partial charge in [0.2, 0.25) is 0 Å². The lowest BCUT2D eigenvalue weighted by molar-refractivity contribution is 0.121. The van der Waals surface area contributed by atoms with Gasteiger partial charge in [-0.15, -0.1) is 0 Å². The fourth-order valence-electron chi connectivity index (χ4n) is 1.17. The summed E-state index contributed by atoms with van der Waals surface area (Å²) in [4.78, 5) is 0. The lowest BCUT2D eigenvalue weighted by Crippen LogP contribution is -2.34. The van der Waals surface area contributed by atoms with Crippen LogP contribution < -0.4 is 10.6 Å². The summed E-state index contributed by atoms with van der Waals surface area (Å²) in [5, 5.41) is 6.36. The van der Waals surface area contributed by atoms with Crippen molar-refractivity contribution in [2.24, 2.45) is 0 Å². The van der Waals surface area contributed by atoms with Gasteiger partial charge in [-0.05, 0) is 43.8 Å². The first-order chi connectivity index (χ1) is 8.02. The first-order valence-electron chi connectivity index (χ1n) is 5.36. The summed E-state index contributed by atoms with van der Waals surface area (Å²) in [5.41, 5.74) is 1.25. The number of rotatable bonds is 4. The minimum Gasteiger partial charge on any atom is -0.380 e. The maximum atomic E-state index is 13.3. The lowest BCUT2D eigenvalue weighted by atomic mass is 10.2. The van der Waals surface area contributed by atoms with Crippen LogP contribution in [0, 0.1) is 12.7 Å². The molecule has 0 saturated heterocycles. The third kappa shape index (κ3) is 4.66. The highest BCUT2D eigenvalue weighted by atomic mass is 32.1. The molecule has 94 valence electrons. The van der Waals surface area contributed by atoms with Crippen molar-refractivity contribution in [1.29, 1.82) is 0 Å². The van der Waals surface area contributed by atoms with Crippen molar-refractivity contribution in [2.75, 3.05) is 19.0 Å². The number of thiocarbonyl (C=S) groups is 1. The second-order valence-electron chi connectivity index (χ2n) is 3.85. The summed E-state index contributed by atoms with van der Waals surface area (Å²) in [6, 6.07) is 4.91. The van der Waals surface area contributed by atoms with Crippen molar-refractivity contribution in [3.05, 3.63) is 29.6 Å². The van der Waals surface area contributed by atoms with Crippen LogP contribution in [0.15, 0.2) is 18.2 Å². The Morgan fingerprint density at radius 1 is 1.53 bits per heavy atom. The van der Waals surface area contributed by atoms with E-state index in [0.29, 0.717) is 22.9 Å². The molecule has 0 fully saturated rings. The van der Waals surface area contributed by atoms with E-state index in [1.54, 1.807) is 26.2 Å². The molecule has 0 aromatic heterocycles. The van der Waals surface area contributed by atoms with Gasteiger partial charge in [0.05, 0.1) is 6.10 Å². The summed E-state index contributed by atoms with van der Waals surface area (Å²) in [7, 11) is 1.64. The molecule has 17 heavy (non-hydrogen) atoms. The fourth-order valence-corrected chi connectivity index (χ4v) is 1.37. The van der Waals surface area contributed by atoms with Gasteiger partial charge in [0.25, 0.3) is 0 Å². The highest BCUT2D eigenvalue weighted by Crippen LogP contribution is 2.13. The zero-order chi connectivity index (χ0) is 12.8. The highest BCUT2D eigenvalue weighted by molar-refractivity contribution is 7.80. The van der Waals surface area contributed by atoms with Gasteiger partial charge in [-0.25, -0.2) is 4.39 Å². The maximum absolute atomic E-state index is 13.3. The summed E-state index contributed by atoms with van der Waals surface area (Å²) in [5.74, 6) is -0.247. The van der Waals surface area contributed by atoms with Gasteiger partial charge < -0.3 is 15.4 Å². The molecule has 1 aromatic rings. The van der Waals surface area contributed by atoms with Crippen LogP contribution in [0.3, 0.4) is 0 Å². The number of anilines is 1. The molecule has 0 saturated carbocycles. The number of nitrogens with one attached hydrogen (secondary N) is 2. The van der Waals surface area contributed by atoms with E-state index < -0.39 is 0 Å². The minimum atomic E-state index is -0.247. The molecule has 0 aliphatic carbocycles. The van der Waals surface area contributed by atoms with Gasteiger partial charge >= 0.3 is 0 Å². The van der Waals surface area contributed by atoms with Crippen LogP contribution in [0.5, 0.6) is 0 Å². The molecule has 0 aliphatic rings. The topological polar surface area (TPSA) is 33.3 Å². The van der Waals surface area contributed by atoms with E-state index in [0.717, 1.165) is 0 Å². The van der Waals surface area contributed by atoms with Crippen LogP contribution in [-0.2, 0) is 4.74 Å². The number of halogens is 1. The van der Waals surface area contributed by atoms with E-state index >= 15 is 0 Å². The monoisotopic (exact) mass is 256 g/mol. The van der Waals surface area contributed by atoms with Crippen molar-refractivity contribution in [3.8, 4) is 0 Å². The van der Waals surface area contributed by atoms with Crippen LogP contribution in [0.25, 0.3) is 0 Å². The molecule has 2 N–H and O–H groups in total. The highest BCUT2D eigenvalue weighted by Gasteiger charge is 2.03. The smallest absolute Gasteiger partial charge is 0.170 e. The summed E-state index contributed by atoms with van der Waals surface area (Å²) in [6.07, 6.45) is 0.0736. The Kier molecular flexibility index (Phi) is 5.31. The van der Waals surface area contributed by atoms with E-state index in [-0.39, 0.29) is 11.9 Å². The molecule has 0 aliphatic heterocycles. The number of aryl methyl sites for hydroxylation is 1. The van der Waals surface area contributed by atoms with E-state index in [1.807, 2.05) is 6.92 Å². The van der Waals surface area contributed by atoms with Gasteiger partial charge in [-0.1, -0.05) is 6.07 Å². The van der Waals surface area contributed by atoms with Crippen molar-refractivity contribution < 1.29 is 9.13 Å². The summed E-state index contributed by atoms with van der Waals surface area (Å²) < 4.78 is 18.4. The Balaban J connectivity index is 2.48. The molecule has 0 bridgehead atoms. The molecule has 1 aromatic carbocycles. The van der Waals surface area contributed by atoms with Gasteiger partial charge in [0, 0.05) is 19.3 Å². The van der Waals surface area contributed by atoms with Gasteiger partial charge in [-0.3, -0.25) is 0 Å². The lowest BCUT2D eigenvalue weighted by Gasteiger charge is -2.14. The Labute approximate surface area is 106 Å². The van der Waals surface area contributed by atoms with Gasteiger partial charge in [0.1, 0.15) is 5.82 Å². The number of benzene rings is 1. The predicted molar refractivity (Wildman–Crippen MR) is 71.8 cm³/mol. The van der Waals surface area contributed by atoms with Crippen LogP contribution in [0.1, 0.15) is 12.5 Å². The van der Waals surface area contributed by atoms with Crippen LogP contribution in [-0.4, -0.2) is 24.9 Å². The number of hydrogen-bond acceptors (Lipinski definition) is 2. The quantitative estimate of drug-likeness (QED) is 0.811. The number of ether oxygens (including phenoxy) is 1. The van der Waals surface area contributed by atoms with Crippen molar-refractivity contribution >= 4 is 23.0 Å². The first-order valence-corrected chi connectivity index (χ1v) is 5.77. The third-order valence-corrected chi connectivity index (χ3v) is 2.63. The molecule has 1 atom stereocenters. The number of methoxy groups -OCH3 is 1. The Hall–Kier alpha value is -1.20. The van der Waals surface area contributed by atoms with Crippen LogP contribution in [0.4, 0.5) is 10.1 Å². The normalized spacial score (nSPS) is 12.0. The molecule has 5 heteroatoms. The zero-order valence-electron chi connectivity index (χ0n) is 10.2. The summed E-state index contributed by atoms with van der Waals surface area (Å²) in [6.45, 7) is 4.26. The Morgan fingerprint density at radius 2 is 2.24 bits per heavy atom. The zero-order valence-corrected chi connectivity index (χ0v) is 11.0. The SMILES string of the molecule is COC(C)CNC(=S)Nc1ccc(C)c(F)c1. The molecule has 0 spiro atoms. The number of hydrogen-bond donors (Lipinski definition) is 2. The largest absolute Gasteiger partial charge is 0.380 e. The van der Waals surface area contributed by atoms with Crippen molar-refractivity contribution in [2.45, 2.75) is 20.0 Å². The molecule has 0 radical (unpaired) electrons. The molecule has 0 amide bonds. The van der Waals surface area contributed by atoms with Crippen molar-refractivity contribution in [3.63, 3.8) is 0 Å². The van der Waals surface area contributed by atoms with Crippen LogP contribution >= 0.6 is 12.2 Å². The Bertz CT molecular complexity index is 398. The molecule has 0 heterocycles. The van der Waals surface area contributed by atoms with E-state index in [2.05, 4.69) is 10.6 Å². The van der Waals surface area contributed by atoms with E-state index in [9.17, 15) is 4.39 Å². The second-order valence-corrected chi connectivity index (χ2v) is 4.25. The second kappa shape index (κ2) is 6.51. The maximum Gasteiger partial charge on any atom is 0.170 e. The van der Waals surface area contributed by atoms with E-state index in [1.165, 1.54) is 6.07 Å². The molecule has 1 unspecified atom stereocenters. The van der Waals surface area contributed by atoms with Gasteiger partial charge in [0.15, 0.2) is 5.11 Å². The third-order valence-electron chi connectivity index (χ3n) is 2.38. The minimum absolute atomic E-state index is 0.0736. The van der Waals surface area contributed by atoms with Crippen molar-refractivity contribution in [1.82, 2.24) is 5.32 Å². The standard InChI is InChI=1S/C12H17FN2OS/c1-8-4-5-10(6-11(8)13)15-12(17)14-7-9(2)16-3/h4-6,9H,7H2,1-3H3,(H2,14,15,17). The summed E-state index contributed by atoms with van der Waals surface area (Å²) >= 11 is 5.08. The Morgan fingerprint density at radius 3 is 2.82 bits per heavy atom. The molecule has 3 nitrogen and oxygen atoms in total. The van der Waals surface area contributed by atoms with Gasteiger partial charge in [-0.2, -0.15) is 0 Å². The predicted octanol–water partition coefficient (Wildman–Crippen LogP) is 2.46. The average Bonchev–Trinajstić information content (AvgIpc) is 2.31. The molecule has 1 rings (SSSR count).